The lowest BCUT2D eigenvalue weighted by Crippen LogP contribution is -2.40. The molecule has 6 nitrogen and oxygen atoms in total. The molecule has 1 fully saturated rings. The number of hydrogen-bond donors (Lipinski definition) is 1. The minimum absolute atomic E-state index is 0.00171. The van der Waals surface area contributed by atoms with E-state index in [4.69, 9.17) is 4.74 Å². The fourth-order valence-corrected chi connectivity index (χ4v) is 3.59. The van der Waals surface area contributed by atoms with Crippen LogP contribution in [0.15, 0.2) is 48.8 Å². The van der Waals surface area contributed by atoms with Gasteiger partial charge in [-0.05, 0) is 55.3 Å². The molecule has 1 aromatic heterocycles. The van der Waals surface area contributed by atoms with Crippen molar-refractivity contribution in [3.8, 4) is 5.75 Å². The summed E-state index contributed by atoms with van der Waals surface area (Å²) < 4.78 is 5.14. The lowest BCUT2D eigenvalue weighted by atomic mass is 9.88. The van der Waals surface area contributed by atoms with Crippen molar-refractivity contribution in [2.75, 3.05) is 20.2 Å². The molecule has 0 bridgehead atoms. The van der Waals surface area contributed by atoms with Crippen LogP contribution in [-0.4, -0.2) is 46.8 Å². The molecule has 0 aliphatic carbocycles. The van der Waals surface area contributed by atoms with Crippen molar-refractivity contribution in [2.45, 2.75) is 12.8 Å². The summed E-state index contributed by atoms with van der Waals surface area (Å²) in [6, 6.07) is 12.7. The van der Waals surface area contributed by atoms with Gasteiger partial charge in [-0.1, -0.05) is 0 Å². The number of ether oxygens (including phenoxy) is 1. The third-order valence-corrected chi connectivity index (χ3v) is 5.19. The van der Waals surface area contributed by atoms with Gasteiger partial charge in [0, 0.05) is 30.1 Å². The molecular weight excluding hydrogens is 342 g/mol. The smallest absolute Gasteiger partial charge is 0.253 e. The number of nitrogens with one attached hydrogen (secondary N) is 1. The number of nitrogens with zero attached hydrogens (tertiary/aromatic N) is 2. The number of carbonyl (C=O) groups excluding carboxylic acids is 2. The van der Waals surface area contributed by atoms with E-state index in [0.29, 0.717) is 37.1 Å². The summed E-state index contributed by atoms with van der Waals surface area (Å²) in [5.41, 5.74) is 3.04. The molecule has 1 N–H and O–H groups in total. The zero-order chi connectivity index (χ0) is 18.8. The zero-order valence-electron chi connectivity index (χ0n) is 15.1. The van der Waals surface area contributed by atoms with Gasteiger partial charge in [-0.2, -0.15) is 0 Å². The summed E-state index contributed by atoms with van der Waals surface area (Å²) in [5, 5.41) is 0. The number of aromatic amines is 1. The molecule has 1 aliphatic rings. The van der Waals surface area contributed by atoms with Crippen LogP contribution in [0, 0.1) is 5.92 Å². The van der Waals surface area contributed by atoms with E-state index in [-0.39, 0.29) is 17.6 Å². The lowest BCUT2D eigenvalue weighted by molar-refractivity contribution is 0.0650. The number of amides is 1. The minimum atomic E-state index is -0.0440. The van der Waals surface area contributed by atoms with E-state index in [1.807, 2.05) is 17.0 Å². The summed E-state index contributed by atoms with van der Waals surface area (Å²) in [5.74, 6) is 0.837. The van der Waals surface area contributed by atoms with Gasteiger partial charge in [0.15, 0.2) is 5.78 Å². The van der Waals surface area contributed by atoms with Crippen LogP contribution in [0.4, 0.5) is 0 Å². The average molecular weight is 363 g/mol. The Kier molecular flexibility index (Phi) is 4.62. The number of H-pyrrole nitrogens is 1. The van der Waals surface area contributed by atoms with Crippen LogP contribution in [0.25, 0.3) is 11.0 Å². The third kappa shape index (κ3) is 3.43. The van der Waals surface area contributed by atoms with Crippen LogP contribution >= 0.6 is 0 Å². The molecule has 1 amide bonds. The molecule has 0 unspecified atom stereocenters. The Balaban J connectivity index is 1.40. The Hall–Kier alpha value is -3.15. The first-order chi connectivity index (χ1) is 13.2. The SMILES string of the molecule is COc1ccc(C(=O)C2CCN(C(=O)c3ccc4nc[nH]c4c3)CC2)cc1. The topological polar surface area (TPSA) is 75.3 Å². The van der Waals surface area contributed by atoms with E-state index >= 15 is 0 Å². The molecule has 6 heteroatoms. The fraction of sp³-hybridized carbons (Fsp3) is 0.286. The maximum absolute atomic E-state index is 12.8. The van der Waals surface area contributed by atoms with E-state index in [1.54, 1.807) is 43.8 Å². The van der Waals surface area contributed by atoms with E-state index in [9.17, 15) is 9.59 Å². The number of ketones is 1. The van der Waals surface area contributed by atoms with Crippen LogP contribution in [0.2, 0.25) is 0 Å². The standard InChI is InChI=1S/C21H21N3O3/c1-27-17-5-2-14(3-6-17)20(25)15-8-10-24(11-9-15)21(26)16-4-7-18-19(12-16)23-13-22-18/h2-7,12-13,15H,8-11H2,1H3,(H,22,23). The van der Waals surface area contributed by atoms with Gasteiger partial charge >= 0.3 is 0 Å². The molecule has 0 saturated carbocycles. The number of aromatic nitrogens is 2. The molecule has 0 spiro atoms. The third-order valence-electron chi connectivity index (χ3n) is 5.19. The first kappa shape index (κ1) is 17.3. The maximum Gasteiger partial charge on any atom is 0.253 e. The number of imidazole rings is 1. The molecule has 27 heavy (non-hydrogen) atoms. The number of Topliss-reactive ketones (excluding diaryl/α,β-unsaturated/α-hetero) is 1. The highest BCUT2D eigenvalue weighted by molar-refractivity contribution is 5.99. The number of fused-ring (bicyclic) bond motifs is 1. The Morgan fingerprint density at radius 2 is 1.78 bits per heavy atom. The number of hydrogen-bond acceptors (Lipinski definition) is 4. The van der Waals surface area contributed by atoms with Crippen molar-refractivity contribution >= 4 is 22.7 Å². The van der Waals surface area contributed by atoms with Gasteiger partial charge < -0.3 is 14.6 Å². The Morgan fingerprint density at radius 1 is 1.07 bits per heavy atom. The molecule has 3 aromatic rings. The molecule has 0 radical (unpaired) electrons. The lowest BCUT2D eigenvalue weighted by Gasteiger charge is -2.31. The number of benzene rings is 2. The first-order valence-corrected chi connectivity index (χ1v) is 9.06. The summed E-state index contributed by atoms with van der Waals surface area (Å²) in [6.45, 7) is 1.18. The molecule has 4 rings (SSSR count). The number of methoxy groups -OCH3 is 1. The average Bonchev–Trinajstić information content (AvgIpc) is 3.21. The summed E-state index contributed by atoms with van der Waals surface area (Å²) in [6.07, 6.45) is 2.99. The summed E-state index contributed by atoms with van der Waals surface area (Å²) in [4.78, 5) is 34.5. The predicted molar refractivity (Wildman–Crippen MR) is 102 cm³/mol. The highest BCUT2D eigenvalue weighted by atomic mass is 16.5. The van der Waals surface area contributed by atoms with E-state index in [1.165, 1.54) is 0 Å². The number of rotatable bonds is 4. The Morgan fingerprint density at radius 3 is 2.48 bits per heavy atom. The monoisotopic (exact) mass is 363 g/mol. The van der Waals surface area contributed by atoms with Gasteiger partial charge in [-0.3, -0.25) is 9.59 Å². The fourth-order valence-electron chi connectivity index (χ4n) is 3.59. The molecular formula is C21H21N3O3. The van der Waals surface area contributed by atoms with Gasteiger partial charge in [-0.25, -0.2) is 4.98 Å². The van der Waals surface area contributed by atoms with Gasteiger partial charge in [0.25, 0.3) is 5.91 Å². The number of carbonyl (C=O) groups is 2. The first-order valence-electron chi connectivity index (χ1n) is 9.06. The van der Waals surface area contributed by atoms with Crippen LogP contribution in [0.1, 0.15) is 33.6 Å². The second-order valence-corrected chi connectivity index (χ2v) is 6.79. The number of likely N-dealkylation sites (tertiary alicyclic amines) is 1. The highest BCUT2D eigenvalue weighted by Crippen LogP contribution is 2.24. The Bertz CT molecular complexity index is 970. The van der Waals surface area contributed by atoms with Crippen molar-refractivity contribution in [3.63, 3.8) is 0 Å². The van der Waals surface area contributed by atoms with Crippen LogP contribution in [-0.2, 0) is 0 Å². The van der Waals surface area contributed by atoms with E-state index in [2.05, 4.69) is 9.97 Å². The second kappa shape index (κ2) is 7.23. The normalized spacial score (nSPS) is 15.1. The van der Waals surface area contributed by atoms with Crippen molar-refractivity contribution in [1.29, 1.82) is 0 Å². The van der Waals surface area contributed by atoms with Crippen LogP contribution < -0.4 is 4.74 Å². The van der Waals surface area contributed by atoms with Gasteiger partial charge in [-0.15, -0.1) is 0 Å². The molecule has 2 heterocycles. The quantitative estimate of drug-likeness (QED) is 0.722. The van der Waals surface area contributed by atoms with Crippen molar-refractivity contribution in [2.24, 2.45) is 5.92 Å². The molecule has 2 aromatic carbocycles. The van der Waals surface area contributed by atoms with Gasteiger partial charge in [0.05, 0.1) is 24.5 Å². The molecule has 0 atom stereocenters. The largest absolute Gasteiger partial charge is 0.497 e. The minimum Gasteiger partial charge on any atom is -0.497 e. The summed E-state index contributed by atoms with van der Waals surface area (Å²) >= 11 is 0. The molecule has 1 aliphatic heterocycles. The molecule has 138 valence electrons. The Labute approximate surface area is 157 Å². The van der Waals surface area contributed by atoms with Gasteiger partial charge in [0.2, 0.25) is 0 Å². The van der Waals surface area contributed by atoms with E-state index < -0.39 is 0 Å². The number of piperidine rings is 1. The predicted octanol–water partition coefficient (Wildman–Crippen LogP) is 3.31. The van der Waals surface area contributed by atoms with Crippen LogP contribution in [0.3, 0.4) is 0 Å². The zero-order valence-corrected chi connectivity index (χ0v) is 15.1. The van der Waals surface area contributed by atoms with Crippen molar-refractivity contribution < 1.29 is 14.3 Å². The van der Waals surface area contributed by atoms with Crippen molar-refractivity contribution in [3.05, 3.63) is 59.9 Å². The maximum atomic E-state index is 12.8. The molecule has 1 saturated heterocycles. The van der Waals surface area contributed by atoms with E-state index in [0.717, 1.165) is 16.8 Å². The van der Waals surface area contributed by atoms with Crippen LogP contribution in [0.5, 0.6) is 5.75 Å². The highest BCUT2D eigenvalue weighted by Gasteiger charge is 2.28. The van der Waals surface area contributed by atoms with Crippen molar-refractivity contribution in [1.82, 2.24) is 14.9 Å². The second-order valence-electron chi connectivity index (χ2n) is 6.79. The summed E-state index contributed by atoms with van der Waals surface area (Å²) in [7, 11) is 1.60. The van der Waals surface area contributed by atoms with Gasteiger partial charge in [0.1, 0.15) is 5.75 Å².